The second kappa shape index (κ2) is 8.84. The predicted molar refractivity (Wildman–Crippen MR) is 119 cm³/mol. The minimum atomic E-state index is -0.283. The van der Waals surface area contributed by atoms with Gasteiger partial charge in [0.15, 0.2) is 12.4 Å². The molecule has 4 rings (SSSR count). The zero-order chi connectivity index (χ0) is 20.9. The number of hydrogen-bond donors (Lipinski definition) is 1. The third kappa shape index (κ3) is 4.70. The predicted octanol–water partition coefficient (Wildman–Crippen LogP) is 5.80. The minimum Gasteiger partial charge on any atom is -0.470 e. The fourth-order valence-electron chi connectivity index (χ4n) is 2.98. The van der Waals surface area contributed by atoms with E-state index in [0.29, 0.717) is 22.2 Å². The SMILES string of the molecule is Cc1ccc(Cl)c(OCn2ccc(C(=O)Nc3ccc(-c4ccccc4)cc3)n2)c1. The van der Waals surface area contributed by atoms with E-state index in [0.717, 1.165) is 16.7 Å². The second-order valence-electron chi connectivity index (χ2n) is 6.85. The Morgan fingerprint density at radius 1 is 1.00 bits per heavy atom. The molecule has 0 aliphatic carbocycles. The summed E-state index contributed by atoms with van der Waals surface area (Å²) in [5.74, 6) is 0.298. The molecular weight excluding hydrogens is 398 g/mol. The molecule has 0 bridgehead atoms. The summed E-state index contributed by atoms with van der Waals surface area (Å²) in [5, 5.41) is 7.67. The number of nitrogens with one attached hydrogen (secondary N) is 1. The van der Waals surface area contributed by atoms with E-state index in [2.05, 4.69) is 10.4 Å². The molecule has 0 saturated heterocycles. The number of carbonyl (C=O) groups excluding carboxylic acids is 1. The van der Waals surface area contributed by atoms with Gasteiger partial charge >= 0.3 is 0 Å². The Balaban J connectivity index is 1.37. The zero-order valence-electron chi connectivity index (χ0n) is 16.4. The number of benzene rings is 3. The number of hydrogen-bond acceptors (Lipinski definition) is 3. The quantitative estimate of drug-likeness (QED) is 0.431. The van der Waals surface area contributed by atoms with Crippen molar-refractivity contribution in [3.8, 4) is 16.9 Å². The highest BCUT2D eigenvalue weighted by Gasteiger charge is 2.11. The van der Waals surface area contributed by atoms with Crippen LogP contribution in [0.1, 0.15) is 16.1 Å². The summed E-state index contributed by atoms with van der Waals surface area (Å²) in [7, 11) is 0. The molecule has 0 aliphatic rings. The van der Waals surface area contributed by atoms with Gasteiger partial charge < -0.3 is 10.1 Å². The third-order valence-corrected chi connectivity index (χ3v) is 4.87. The molecule has 0 unspecified atom stereocenters. The normalized spacial score (nSPS) is 10.6. The first-order valence-electron chi connectivity index (χ1n) is 9.48. The molecule has 1 aromatic heterocycles. The van der Waals surface area contributed by atoms with E-state index >= 15 is 0 Å². The first-order valence-corrected chi connectivity index (χ1v) is 9.85. The van der Waals surface area contributed by atoms with Crippen LogP contribution in [0.5, 0.6) is 5.75 Å². The highest BCUT2D eigenvalue weighted by Crippen LogP contribution is 2.25. The van der Waals surface area contributed by atoms with Crippen molar-refractivity contribution in [2.24, 2.45) is 0 Å². The van der Waals surface area contributed by atoms with Crippen molar-refractivity contribution in [2.75, 3.05) is 5.32 Å². The molecule has 0 radical (unpaired) electrons. The van der Waals surface area contributed by atoms with Gasteiger partial charge in [0.1, 0.15) is 5.75 Å². The molecule has 0 aliphatic heterocycles. The lowest BCUT2D eigenvalue weighted by Crippen LogP contribution is -2.14. The van der Waals surface area contributed by atoms with Crippen LogP contribution >= 0.6 is 11.6 Å². The lowest BCUT2D eigenvalue weighted by molar-refractivity contribution is 0.102. The largest absolute Gasteiger partial charge is 0.470 e. The van der Waals surface area contributed by atoms with E-state index in [1.165, 1.54) is 0 Å². The van der Waals surface area contributed by atoms with E-state index in [4.69, 9.17) is 16.3 Å². The van der Waals surface area contributed by atoms with Crippen molar-refractivity contribution in [1.29, 1.82) is 0 Å². The second-order valence-corrected chi connectivity index (χ2v) is 7.25. The number of amides is 1. The van der Waals surface area contributed by atoms with Gasteiger partial charge in [-0.1, -0.05) is 60.1 Å². The molecule has 4 aromatic rings. The number of carbonyl (C=O) groups is 1. The number of aryl methyl sites for hydroxylation is 1. The average molecular weight is 418 g/mol. The Kier molecular flexibility index (Phi) is 5.82. The number of halogens is 1. The van der Waals surface area contributed by atoms with Crippen molar-refractivity contribution in [3.05, 3.63) is 101 Å². The van der Waals surface area contributed by atoms with Crippen LogP contribution in [-0.4, -0.2) is 15.7 Å². The Morgan fingerprint density at radius 2 is 1.73 bits per heavy atom. The first-order chi connectivity index (χ1) is 14.6. The van der Waals surface area contributed by atoms with Crippen molar-refractivity contribution < 1.29 is 9.53 Å². The summed E-state index contributed by atoms with van der Waals surface area (Å²) in [6.07, 6.45) is 1.69. The van der Waals surface area contributed by atoms with Gasteiger partial charge in [-0.05, 0) is 53.9 Å². The average Bonchev–Trinajstić information content (AvgIpc) is 3.25. The molecule has 3 aromatic carbocycles. The van der Waals surface area contributed by atoms with Crippen molar-refractivity contribution >= 4 is 23.2 Å². The lowest BCUT2D eigenvalue weighted by Gasteiger charge is -2.09. The number of ether oxygens (including phenoxy) is 1. The van der Waals surface area contributed by atoms with E-state index < -0.39 is 0 Å². The molecule has 1 amide bonds. The van der Waals surface area contributed by atoms with Crippen molar-refractivity contribution in [3.63, 3.8) is 0 Å². The molecular formula is C24H20ClN3O2. The smallest absolute Gasteiger partial charge is 0.276 e. The highest BCUT2D eigenvalue weighted by molar-refractivity contribution is 6.32. The van der Waals surface area contributed by atoms with Gasteiger partial charge in [0, 0.05) is 11.9 Å². The van der Waals surface area contributed by atoms with Crippen molar-refractivity contribution in [1.82, 2.24) is 9.78 Å². The molecule has 150 valence electrons. The van der Waals surface area contributed by atoms with Crippen LogP contribution in [0.3, 0.4) is 0 Å². The van der Waals surface area contributed by atoms with E-state index in [-0.39, 0.29) is 12.6 Å². The summed E-state index contributed by atoms with van der Waals surface area (Å²) in [4.78, 5) is 12.5. The Hall–Kier alpha value is -3.57. The molecule has 30 heavy (non-hydrogen) atoms. The maximum Gasteiger partial charge on any atom is 0.276 e. The molecule has 1 N–H and O–H groups in total. The van der Waals surface area contributed by atoms with Gasteiger partial charge in [-0.15, -0.1) is 0 Å². The standard InChI is InChI=1S/C24H20ClN3O2/c1-17-7-12-21(25)23(15-17)30-16-28-14-13-22(27-28)24(29)26-20-10-8-19(9-11-20)18-5-3-2-4-6-18/h2-15H,16H2,1H3,(H,26,29). The summed E-state index contributed by atoms with van der Waals surface area (Å²) in [6.45, 7) is 2.12. The maximum atomic E-state index is 12.5. The van der Waals surface area contributed by atoms with Crippen LogP contribution in [0.4, 0.5) is 5.69 Å². The molecule has 0 spiro atoms. The fourth-order valence-corrected chi connectivity index (χ4v) is 3.16. The van der Waals surface area contributed by atoms with E-state index in [9.17, 15) is 4.79 Å². The first kappa shape index (κ1) is 19.7. The minimum absolute atomic E-state index is 0.155. The summed E-state index contributed by atoms with van der Waals surface area (Å²) in [6, 6.07) is 25.0. The third-order valence-electron chi connectivity index (χ3n) is 4.56. The van der Waals surface area contributed by atoms with Gasteiger partial charge in [0.2, 0.25) is 0 Å². The number of rotatable bonds is 6. The molecule has 0 saturated carbocycles. The van der Waals surface area contributed by atoms with Gasteiger partial charge in [0.25, 0.3) is 5.91 Å². The van der Waals surface area contributed by atoms with Crippen LogP contribution in [0.15, 0.2) is 85.1 Å². The molecule has 5 nitrogen and oxygen atoms in total. The number of aromatic nitrogens is 2. The van der Waals surface area contributed by atoms with Crippen LogP contribution in [0.25, 0.3) is 11.1 Å². The van der Waals surface area contributed by atoms with Crippen LogP contribution in [0, 0.1) is 6.92 Å². The van der Waals surface area contributed by atoms with Crippen LogP contribution in [0.2, 0.25) is 5.02 Å². The molecule has 1 heterocycles. The molecule has 6 heteroatoms. The van der Waals surface area contributed by atoms with Crippen molar-refractivity contribution in [2.45, 2.75) is 13.7 Å². The van der Waals surface area contributed by atoms with Gasteiger partial charge in [-0.3, -0.25) is 4.79 Å². The highest BCUT2D eigenvalue weighted by atomic mass is 35.5. The maximum absolute atomic E-state index is 12.5. The Bertz CT molecular complexity index is 1150. The van der Waals surface area contributed by atoms with E-state index in [1.54, 1.807) is 23.0 Å². The topological polar surface area (TPSA) is 56.1 Å². The monoisotopic (exact) mass is 417 g/mol. The summed E-state index contributed by atoms with van der Waals surface area (Å²) in [5.41, 5.74) is 4.28. The zero-order valence-corrected chi connectivity index (χ0v) is 17.1. The Morgan fingerprint density at radius 3 is 2.50 bits per heavy atom. The molecule has 0 atom stereocenters. The van der Waals surface area contributed by atoms with E-state index in [1.807, 2.05) is 73.7 Å². The summed E-state index contributed by atoms with van der Waals surface area (Å²) >= 11 is 6.14. The number of anilines is 1. The van der Waals surface area contributed by atoms with Crippen LogP contribution in [-0.2, 0) is 6.73 Å². The van der Waals surface area contributed by atoms with Crippen LogP contribution < -0.4 is 10.1 Å². The van der Waals surface area contributed by atoms with Gasteiger partial charge in [-0.2, -0.15) is 5.10 Å². The summed E-state index contributed by atoms with van der Waals surface area (Å²) < 4.78 is 7.25. The fraction of sp³-hybridized carbons (Fsp3) is 0.0833. The van der Waals surface area contributed by atoms with Gasteiger partial charge in [-0.25, -0.2) is 4.68 Å². The lowest BCUT2D eigenvalue weighted by atomic mass is 10.1. The number of nitrogens with zero attached hydrogens (tertiary/aromatic N) is 2. The Labute approximate surface area is 179 Å². The molecule has 0 fully saturated rings. The van der Waals surface area contributed by atoms with Gasteiger partial charge in [0.05, 0.1) is 5.02 Å².